The molecule has 1 aromatic rings. The smallest absolute Gasteiger partial charge is 0.246 e. The number of rotatable bonds is 4. The van der Waals surface area contributed by atoms with Crippen LogP contribution in [0.2, 0.25) is 0 Å². The van der Waals surface area contributed by atoms with Gasteiger partial charge < -0.3 is 4.42 Å². The minimum absolute atomic E-state index is 0.184. The van der Waals surface area contributed by atoms with E-state index in [1.807, 2.05) is 11.8 Å². The van der Waals surface area contributed by atoms with Gasteiger partial charge in [0.1, 0.15) is 16.4 Å². The predicted octanol–water partition coefficient (Wildman–Crippen LogP) is 2.84. The fourth-order valence-electron chi connectivity index (χ4n) is 2.14. The molecular weight excluding hydrogens is 306 g/mol. The first kappa shape index (κ1) is 15.2. The number of nitrogens with zero attached hydrogens (tertiary/aromatic N) is 1. The monoisotopic (exact) mass is 323 g/mol. The molecule has 7 heteroatoms. The van der Waals surface area contributed by atoms with Crippen molar-refractivity contribution < 1.29 is 12.8 Å². The van der Waals surface area contributed by atoms with Crippen molar-refractivity contribution in [2.45, 2.75) is 36.3 Å². The molecule has 108 valence electrons. The van der Waals surface area contributed by atoms with Crippen LogP contribution in [0.1, 0.15) is 24.9 Å². The highest BCUT2D eigenvalue weighted by Crippen LogP contribution is 2.29. The topological polar surface area (TPSA) is 50.5 Å². The number of halogens is 1. The van der Waals surface area contributed by atoms with E-state index in [1.54, 1.807) is 17.3 Å². The number of furan rings is 1. The Hall–Kier alpha value is -0.170. The van der Waals surface area contributed by atoms with Crippen molar-refractivity contribution in [3.05, 3.63) is 17.6 Å². The fourth-order valence-corrected chi connectivity index (χ4v) is 5.34. The molecule has 1 aliphatic rings. The van der Waals surface area contributed by atoms with Gasteiger partial charge in [-0.15, -0.1) is 11.6 Å². The molecule has 4 nitrogen and oxygen atoms in total. The van der Waals surface area contributed by atoms with Crippen LogP contribution < -0.4 is 0 Å². The lowest BCUT2D eigenvalue weighted by molar-refractivity contribution is 0.413. The Kier molecular flexibility index (Phi) is 4.87. The maximum Gasteiger partial charge on any atom is 0.246 e. The third kappa shape index (κ3) is 3.12. The molecule has 0 N–H and O–H groups in total. The van der Waals surface area contributed by atoms with Crippen LogP contribution in [0.4, 0.5) is 0 Å². The summed E-state index contributed by atoms with van der Waals surface area (Å²) in [7, 11) is -3.46. The van der Waals surface area contributed by atoms with Gasteiger partial charge in [0, 0.05) is 30.2 Å². The Balaban J connectivity index is 2.28. The summed E-state index contributed by atoms with van der Waals surface area (Å²) in [6.45, 7) is 4.88. The summed E-state index contributed by atoms with van der Waals surface area (Å²) in [5.41, 5.74) is 0. The van der Waals surface area contributed by atoms with Crippen molar-refractivity contribution in [3.8, 4) is 0 Å². The van der Waals surface area contributed by atoms with Crippen molar-refractivity contribution in [1.82, 2.24) is 4.31 Å². The quantitative estimate of drug-likeness (QED) is 0.799. The van der Waals surface area contributed by atoms with Gasteiger partial charge in [-0.2, -0.15) is 16.1 Å². The van der Waals surface area contributed by atoms with Crippen LogP contribution in [0.15, 0.2) is 15.4 Å². The van der Waals surface area contributed by atoms with E-state index in [1.165, 1.54) is 0 Å². The molecule has 0 aliphatic carbocycles. The second-order valence-electron chi connectivity index (χ2n) is 4.53. The van der Waals surface area contributed by atoms with Gasteiger partial charge in [0.25, 0.3) is 0 Å². The van der Waals surface area contributed by atoms with Gasteiger partial charge >= 0.3 is 0 Å². The summed E-state index contributed by atoms with van der Waals surface area (Å²) in [5.74, 6) is 1.94. The number of hydrogen-bond acceptors (Lipinski definition) is 4. The summed E-state index contributed by atoms with van der Waals surface area (Å²) in [6, 6.07) is 1.54. The number of thioether (sulfide) groups is 1. The SMILES string of the molecule is CCC1CN(S(=O)(=O)c2cc(CCl)oc2C)CCS1. The lowest BCUT2D eigenvalue weighted by atomic mass is 10.3. The van der Waals surface area contributed by atoms with Crippen molar-refractivity contribution >= 4 is 33.4 Å². The molecule has 0 bridgehead atoms. The van der Waals surface area contributed by atoms with Gasteiger partial charge in [0.15, 0.2) is 0 Å². The minimum Gasteiger partial charge on any atom is -0.464 e. The molecule has 1 aromatic heterocycles. The zero-order chi connectivity index (χ0) is 14.0. The van der Waals surface area contributed by atoms with Gasteiger partial charge in [0.2, 0.25) is 10.0 Å². The lowest BCUT2D eigenvalue weighted by Gasteiger charge is -2.30. The normalized spacial score (nSPS) is 21.7. The standard InChI is InChI=1S/C12H18ClNO3S2/c1-3-11-8-14(4-5-18-11)19(15,16)12-6-10(7-13)17-9(12)2/h6,11H,3-5,7-8H2,1-2H3. The molecule has 1 unspecified atom stereocenters. The average Bonchev–Trinajstić information content (AvgIpc) is 2.81. The largest absolute Gasteiger partial charge is 0.464 e. The molecule has 0 aromatic carbocycles. The highest BCUT2D eigenvalue weighted by atomic mass is 35.5. The fraction of sp³-hybridized carbons (Fsp3) is 0.667. The first-order chi connectivity index (χ1) is 8.98. The molecular formula is C12H18ClNO3S2. The van der Waals surface area contributed by atoms with E-state index in [4.69, 9.17) is 16.0 Å². The molecule has 2 heterocycles. The Labute approximate surface area is 123 Å². The number of sulfonamides is 1. The molecule has 2 rings (SSSR count). The molecule has 1 saturated heterocycles. The molecule has 0 spiro atoms. The van der Waals surface area contributed by atoms with Crippen LogP contribution in [0.25, 0.3) is 0 Å². The Morgan fingerprint density at radius 3 is 2.89 bits per heavy atom. The van der Waals surface area contributed by atoms with Crippen molar-refractivity contribution in [2.75, 3.05) is 18.8 Å². The van der Waals surface area contributed by atoms with Crippen LogP contribution in [0.3, 0.4) is 0 Å². The molecule has 1 fully saturated rings. The molecule has 1 aliphatic heterocycles. The van der Waals surface area contributed by atoms with E-state index in [2.05, 4.69) is 6.92 Å². The first-order valence-electron chi connectivity index (χ1n) is 6.26. The van der Waals surface area contributed by atoms with E-state index in [0.717, 1.165) is 12.2 Å². The molecule has 1 atom stereocenters. The van der Waals surface area contributed by atoms with E-state index in [-0.39, 0.29) is 10.8 Å². The molecule has 19 heavy (non-hydrogen) atoms. The first-order valence-corrected chi connectivity index (χ1v) is 9.28. The van der Waals surface area contributed by atoms with Crippen LogP contribution in [0, 0.1) is 6.92 Å². The van der Waals surface area contributed by atoms with Crippen LogP contribution in [-0.2, 0) is 15.9 Å². The van der Waals surface area contributed by atoms with Gasteiger partial charge in [0.05, 0.1) is 5.88 Å². The second-order valence-corrected chi connectivity index (χ2v) is 8.11. The van der Waals surface area contributed by atoms with Crippen LogP contribution in [-0.4, -0.2) is 36.8 Å². The summed E-state index contributed by atoms with van der Waals surface area (Å²) in [4.78, 5) is 0.255. The van der Waals surface area contributed by atoms with Gasteiger partial charge in [-0.05, 0) is 13.3 Å². The zero-order valence-electron chi connectivity index (χ0n) is 11.1. The van der Waals surface area contributed by atoms with Crippen molar-refractivity contribution in [1.29, 1.82) is 0 Å². The second kappa shape index (κ2) is 6.08. The van der Waals surface area contributed by atoms with E-state index < -0.39 is 10.0 Å². The average molecular weight is 324 g/mol. The Bertz CT molecular complexity index is 541. The Morgan fingerprint density at radius 2 is 2.32 bits per heavy atom. The van der Waals surface area contributed by atoms with E-state index in [0.29, 0.717) is 29.9 Å². The van der Waals surface area contributed by atoms with E-state index in [9.17, 15) is 8.42 Å². The zero-order valence-corrected chi connectivity index (χ0v) is 13.4. The lowest BCUT2D eigenvalue weighted by Crippen LogP contribution is -2.41. The molecule has 0 radical (unpaired) electrons. The van der Waals surface area contributed by atoms with E-state index >= 15 is 0 Å². The van der Waals surface area contributed by atoms with Crippen molar-refractivity contribution in [3.63, 3.8) is 0 Å². The third-order valence-corrected chi connectivity index (χ3v) is 6.84. The third-order valence-electron chi connectivity index (χ3n) is 3.23. The maximum absolute atomic E-state index is 12.6. The molecule has 0 amide bonds. The number of alkyl halides is 1. The summed E-state index contributed by atoms with van der Waals surface area (Å²) in [5, 5.41) is 0.378. The molecule has 0 saturated carbocycles. The predicted molar refractivity (Wildman–Crippen MR) is 78.3 cm³/mol. The highest BCUT2D eigenvalue weighted by molar-refractivity contribution is 8.00. The summed E-state index contributed by atoms with van der Waals surface area (Å²) < 4.78 is 32.1. The van der Waals surface area contributed by atoms with Gasteiger partial charge in [-0.25, -0.2) is 8.42 Å². The van der Waals surface area contributed by atoms with Gasteiger partial charge in [-0.3, -0.25) is 0 Å². The van der Waals surface area contributed by atoms with Gasteiger partial charge in [-0.1, -0.05) is 6.92 Å². The highest BCUT2D eigenvalue weighted by Gasteiger charge is 2.32. The van der Waals surface area contributed by atoms with Crippen molar-refractivity contribution in [2.24, 2.45) is 0 Å². The number of hydrogen-bond donors (Lipinski definition) is 0. The minimum atomic E-state index is -3.46. The maximum atomic E-state index is 12.6. The Morgan fingerprint density at radius 1 is 1.58 bits per heavy atom. The summed E-state index contributed by atoms with van der Waals surface area (Å²) >= 11 is 7.53. The van der Waals surface area contributed by atoms with Crippen LogP contribution >= 0.6 is 23.4 Å². The summed E-state index contributed by atoms with van der Waals surface area (Å²) in [6.07, 6.45) is 0.980. The number of aryl methyl sites for hydroxylation is 1. The van der Waals surface area contributed by atoms with Crippen LogP contribution in [0.5, 0.6) is 0 Å².